The Morgan fingerprint density at radius 1 is 1.06 bits per heavy atom. The lowest BCUT2D eigenvalue weighted by Gasteiger charge is -2.57. The number of methoxy groups -OCH3 is 2. The molecule has 4 saturated carbocycles. The fourth-order valence-corrected chi connectivity index (χ4v) is 8.21. The summed E-state index contributed by atoms with van der Waals surface area (Å²) in [6, 6.07) is 14.4. The molecule has 2 aromatic carbocycles. The maximum Gasteiger partial charge on any atom is 0.299 e. The number of amides is 1. The van der Waals surface area contributed by atoms with Crippen molar-refractivity contribution in [3.8, 4) is 18.1 Å². The summed E-state index contributed by atoms with van der Waals surface area (Å²) in [6.45, 7) is 0.423. The summed E-state index contributed by atoms with van der Waals surface area (Å²) in [7, 11) is 3.35. The molecule has 4 fully saturated rings. The quantitative estimate of drug-likeness (QED) is 0.573. The van der Waals surface area contributed by atoms with Crippen molar-refractivity contribution in [1.82, 2.24) is 4.90 Å². The van der Waals surface area contributed by atoms with Gasteiger partial charge in [0.1, 0.15) is 5.75 Å². The molecular weight excluding hydrogens is 448 g/mol. The van der Waals surface area contributed by atoms with Gasteiger partial charge in [0.05, 0.1) is 25.8 Å². The summed E-state index contributed by atoms with van der Waals surface area (Å²) in [5.74, 6) is 5.58. The molecule has 1 aliphatic heterocycles. The van der Waals surface area contributed by atoms with Crippen LogP contribution in [0.2, 0.25) is 0 Å². The largest absolute Gasteiger partial charge is 0.497 e. The Bertz CT molecular complexity index is 1150. The molecule has 188 valence electrons. The van der Waals surface area contributed by atoms with Crippen LogP contribution < -0.4 is 10.1 Å². The van der Waals surface area contributed by atoms with E-state index in [1.807, 2.05) is 11.0 Å². The molecule has 0 aromatic heterocycles. The van der Waals surface area contributed by atoms with Gasteiger partial charge in [-0.05, 0) is 110 Å². The number of carbonyl (C=O) groups is 1. The van der Waals surface area contributed by atoms with E-state index in [9.17, 15) is 4.79 Å². The predicted octanol–water partition coefficient (Wildman–Crippen LogP) is 5.20. The lowest BCUT2D eigenvalue weighted by molar-refractivity contribution is -0.131. The number of terminal acetylenes is 1. The van der Waals surface area contributed by atoms with Crippen molar-refractivity contribution in [2.24, 2.45) is 17.8 Å². The summed E-state index contributed by atoms with van der Waals surface area (Å²) in [5, 5.41) is 3.98. The summed E-state index contributed by atoms with van der Waals surface area (Å²) < 4.78 is 11.0. The number of nitrogens with one attached hydrogen (secondary N) is 1. The highest BCUT2D eigenvalue weighted by molar-refractivity contribution is 5.94. The maximum atomic E-state index is 13.0. The van der Waals surface area contributed by atoms with Gasteiger partial charge in [-0.2, -0.15) is 0 Å². The molecule has 36 heavy (non-hydrogen) atoms. The third-order valence-electron chi connectivity index (χ3n) is 9.16. The molecule has 2 atom stereocenters. The molecule has 1 heterocycles. The molecule has 1 amide bonds. The van der Waals surface area contributed by atoms with Crippen molar-refractivity contribution in [2.75, 3.05) is 26.1 Å². The van der Waals surface area contributed by atoms with Crippen LogP contribution in [-0.2, 0) is 16.0 Å². The van der Waals surface area contributed by atoms with Crippen LogP contribution in [0.4, 0.5) is 5.69 Å². The van der Waals surface area contributed by atoms with Gasteiger partial charge in [0, 0.05) is 18.3 Å². The van der Waals surface area contributed by atoms with Crippen LogP contribution in [0.3, 0.4) is 0 Å². The number of hydrogen-bond acceptors (Lipinski definition) is 4. The number of hydrogen-bond donors (Lipinski definition) is 1. The van der Waals surface area contributed by atoms with Crippen molar-refractivity contribution in [2.45, 2.75) is 62.6 Å². The topological polar surface area (TPSA) is 50.8 Å². The van der Waals surface area contributed by atoms with Crippen LogP contribution in [0.5, 0.6) is 5.75 Å². The predicted molar refractivity (Wildman–Crippen MR) is 141 cm³/mol. The Morgan fingerprint density at radius 2 is 1.72 bits per heavy atom. The van der Waals surface area contributed by atoms with Gasteiger partial charge >= 0.3 is 0 Å². The van der Waals surface area contributed by atoms with Gasteiger partial charge in [0.2, 0.25) is 0 Å². The number of carbonyl (C=O) groups excluding carboxylic acids is 1. The average Bonchev–Trinajstić information content (AvgIpc) is 2.87. The van der Waals surface area contributed by atoms with Crippen LogP contribution in [0.25, 0.3) is 0 Å². The molecule has 0 radical (unpaired) electrons. The SMILES string of the molecule is C#CC(=O)N1[C@@H](COC)Cc2cc(OC)ccc2[C@H]1c1ccc(NC23CC4CC(CC(C4)C2)C3)cc1. The molecular formula is C31H36N2O3. The van der Waals surface area contributed by atoms with Crippen molar-refractivity contribution in [3.05, 3.63) is 59.2 Å². The molecule has 0 saturated heterocycles. The minimum atomic E-state index is -0.306. The Labute approximate surface area is 214 Å². The van der Waals surface area contributed by atoms with Gasteiger partial charge in [-0.25, -0.2) is 0 Å². The maximum absolute atomic E-state index is 13.0. The van der Waals surface area contributed by atoms with E-state index in [4.69, 9.17) is 15.9 Å². The normalized spacial score (nSPS) is 32.0. The molecule has 5 heteroatoms. The van der Waals surface area contributed by atoms with Gasteiger partial charge in [0.15, 0.2) is 0 Å². The molecule has 5 nitrogen and oxygen atoms in total. The summed E-state index contributed by atoms with van der Waals surface area (Å²) in [4.78, 5) is 14.9. The highest BCUT2D eigenvalue weighted by Crippen LogP contribution is 2.56. The summed E-state index contributed by atoms with van der Waals surface area (Å²) >= 11 is 0. The van der Waals surface area contributed by atoms with Gasteiger partial charge in [0.25, 0.3) is 5.91 Å². The van der Waals surface area contributed by atoms with Gasteiger partial charge < -0.3 is 19.7 Å². The van der Waals surface area contributed by atoms with E-state index in [2.05, 4.69) is 47.6 Å². The van der Waals surface area contributed by atoms with E-state index >= 15 is 0 Å². The Kier molecular flexibility index (Phi) is 5.96. The molecule has 0 spiro atoms. The van der Waals surface area contributed by atoms with Gasteiger partial charge in [-0.3, -0.25) is 4.79 Å². The molecule has 2 aromatic rings. The highest BCUT2D eigenvalue weighted by Gasteiger charge is 2.51. The number of fused-ring (bicyclic) bond motifs is 1. The molecule has 4 bridgehead atoms. The van der Waals surface area contributed by atoms with Crippen molar-refractivity contribution >= 4 is 11.6 Å². The van der Waals surface area contributed by atoms with E-state index in [1.165, 1.54) is 49.8 Å². The van der Waals surface area contributed by atoms with E-state index < -0.39 is 0 Å². The molecule has 7 rings (SSSR count). The molecule has 4 aliphatic carbocycles. The average molecular weight is 485 g/mol. The van der Waals surface area contributed by atoms with Gasteiger partial charge in [-0.15, -0.1) is 6.42 Å². The molecule has 1 N–H and O–H groups in total. The lowest BCUT2D eigenvalue weighted by atomic mass is 9.53. The van der Waals surface area contributed by atoms with E-state index in [1.54, 1.807) is 14.2 Å². The standard InChI is InChI=1S/C31H36N2O3/c1-4-29(34)33-26(19-35-2)14-24-15-27(36-3)9-10-28(24)30(33)23-5-7-25(8-6-23)32-31-16-20-11-21(17-31)13-22(12-20)18-31/h1,5-10,15,20-22,26,30,32H,11-14,16-19H2,2-3H3/t20?,21?,22?,26-,30-,31?/m1/s1. The Morgan fingerprint density at radius 3 is 2.31 bits per heavy atom. The second-order valence-corrected chi connectivity index (χ2v) is 11.6. The Hall–Kier alpha value is -2.97. The first kappa shape index (κ1) is 23.4. The highest BCUT2D eigenvalue weighted by atomic mass is 16.5. The van der Waals surface area contributed by atoms with Gasteiger partial charge in [-0.1, -0.05) is 18.2 Å². The van der Waals surface area contributed by atoms with Crippen LogP contribution in [-0.4, -0.2) is 43.2 Å². The monoisotopic (exact) mass is 484 g/mol. The zero-order valence-corrected chi connectivity index (χ0v) is 21.3. The zero-order valence-electron chi connectivity index (χ0n) is 21.3. The number of anilines is 1. The van der Waals surface area contributed by atoms with Crippen LogP contribution in [0, 0.1) is 30.1 Å². The van der Waals surface area contributed by atoms with Crippen molar-refractivity contribution in [1.29, 1.82) is 0 Å². The number of ether oxygens (including phenoxy) is 2. The number of nitrogens with zero attached hydrogens (tertiary/aromatic N) is 1. The van der Waals surface area contributed by atoms with Crippen LogP contribution >= 0.6 is 0 Å². The Balaban J connectivity index is 1.32. The first-order valence-corrected chi connectivity index (χ1v) is 13.3. The first-order chi connectivity index (χ1) is 17.5. The fraction of sp³-hybridized carbons (Fsp3) is 0.516. The fourth-order valence-electron chi connectivity index (χ4n) is 8.21. The third-order valence-corrected chi connectivity index (χ3v) is 9.16. The summed E-state index contributed by atoms with van der Waals surface area (Å²) in [5.41, 5.74) is 4.75. The zero-order chi connectivity index (χ0) is 24.9. The second kappa shape index (κ2) is 9.16. The van der Waals surface area contributed by atoms with E-state index in [0.717, 1.165) is 34.6 Å². The van der Waals surface area contributed by atoms with E-state index in [0.29, 0.717) is 13.0 Å². The molecule has 0 unspecified atom stereocenters. The number of benzene rings is 2. The number of rotatable bonds is 6. The lowest BCUT2D eigenvalue weighted by Crippen LogP contribution is -2.54. The second-order valence-electron chi connectivity index (χ2n) is 11.6. The van der Waals surface area contributed by atoms with Crippen LogP contribution in [0.15, 0.2) is 42.5 Å². The summed E-state index contributed by atoms with van der Waals surface area (Å²) in [6.07, 6.45) is 14.6. The minimum Gasteiger partial charge on any atom is -0.497 e. The smallest absolute Gasteiger partial charge is 0.299 e. The minimum absolute atomic E-state index is 0.145. The van der Waals surface area contributed by atoms with Crippen molar-refractivity contribution < 1.29 is 14.3 Å². The van der Waals surface area contributed by atoms with Crippen LogP contribution in [0.1, 0.15) is 61.3 Å². The third kappa shape index (κ3) is 4.06. The first-order valence-electron chi connectivity index (χ1n) is 13.3. The van der Waals surface area contributed by atoms with E-state index in [-0.39, 0.29) is 23.5 Å². The molecule has 5 aliphatic rings. The van der Waals surface area contributed by atoms with Crippen molar-refractivity contribution in [3.63, 3.8) is 0 Å².